The summed E-state index contributed by atoms with van der Waals surface area (Å²) in [5.41, 5.74) is 1.03. The molecule has 1 aromatic rings. The van der Waals surface area contributed by atoms with Crippen molar-refractivity contribution in [3.63, 3.8) is 0 Å². The van der Waals surface area contributed by atoms with Gasteiger partial charge in [-0.3, -0.25) is 4.90 Å². The van der Waals surface area contributed by atoms with E-state index in [1.165, 1.54) is 4.90 Å². The molecule has 1 saturated heterocycles. The van der Waals surface area contributed by atoms with Crippen LogP contribution in [0.3, 0.4) is 0 Å². The first kappa shape index (κ1) is 15.0. The molecule has 1 fully saturated rings. The van der Waals surface area contributed by atoms with Crippen LogP contribution in [0.2, 0.25) is 0 Å². The molecule has 0 saturated carbocycles. The highest BCUT2D eigenvalue weighted by Gasteiger charge is 2.32. The van der Waals surface area contributed by atoms with E-state index in [0.29, 0.717) is 31.8 Å². The number of aromatic nitrogens is 2. The Morgan fingerprint density at radius 2 is 2.05 bits per heavy atom. The second-order valence-electron chi connectivity index (χ2n) is 4.96. The van der Waals surface area contributed by atoms with Gasteiger partial charge in [-0.05, 0) is 24.8 Å². The second-order valence-corrected chi connectivity index (χ2v) is 4.96. The number of aryl methyl sites for hydroxylation is 1. The average molecular weight is 289 g/mol. The lowest BCUT2D eigenvalue weighted by Gasteiger charge is -2.32. The fraction of sp³-hybridized carbons (Fsp3) is 0.692. The van der Waals surface area contributed by atoms with Crippen molar-refractivity contribution in [2.75, 3.05) is 19.6 Å². The minimum atomic E-state index is -4.13. The van der Waals surface area contributed by atoms with Gasteiger partial charge < -0.3 is 4.74 Å². The molecule has 4 nitrogen and oxygen atoms in total. The Morgan fingerprint density at radius 1 is 1.35 bits per heavy atom. The minimum Gasteiger partial charge on any atom is -0.473 e. The summed E-state index contributed by atoms with van der Waals surface area (Å²) in [6.45, 7) is 1.96. The molecule has 1 aliphatic heterocycles. The number of alkyl halides is 3. The molecule has 1 aromatic heterocycles. The van der Waals surface area contributed by atoms with Crippen LogP contribution >= 0.6 is 0 Å². The number of nitrogens with zero attached hydrogens (tertiary/aromatic N) is 3. The maximum atomic E-state index is 12.3. The van der Waals surface area contributed by atoms with Crippen LogP contribution in [0.4, 0.5) is 13.2 Å². The van der Waals surface area contributed by atoms with Crippen LogP contribution in [0.15, 0.2) is 12.3 Å². The first-order chi connectivity index (χ1) is 9.46. The normalized spacial score (nSPS) is 18.2. The van der Waals surface area contributed by atoms with Gasteiger partial charge in [-0.1, -0.05) is 6.92 Å². The van der Waals surface area contributed by atoms with Crippen molar-refractivity contribution < 1.29 is 17.9 Å². The van der Waals surface area contributed by atoms with E-state index in [0.717, 1.165) is 12.0 Å². The van der Waals surface area contributed by atoms with Crippen molar-refractivity contribution in [3.8, 4) is 5.88 Å². The highest BCUT2D eigenvalue weighted by atomic mass is 19.4. The molecule has 7 heteroatoms. The van der Waals surface area contributed by atoms with Crippen molar-refractivity contribution in [3.05, 3.63) is 17.8 Å². The molecule has 0 amide bonds. The van der Waals surface area contributed by atoms with E-state index in [1.54, 1.807) is 6.20 Å². The molecule has 0 spiro atoms. The van der Waals surface area contributed by atoms with Crippen LogP contribution in [-0.4, -0.2) is 47.0 Å². The monoisotopic (exact) mass is 289 g/mol. The van der Waals surface area contributed by atoms with Crippen molar-refractivity contribution in [1.82, 2.24) is 15.1 Å². The summed E-state index contributed by atoms with van der Waals surface area (Å²) in [6.07, 6.45) is -0.535. The summed E-state index contributed by atoms with van der Waals surface area (Å²) in [5, 5.41) is 7.74. The topological polar surface area (TPSA) is 38.3 Å². The fourth-order valence-electron chi connectivity index (χ4n) is 2.25. The zero-order valence-electron chi connectivity index (χ0n) is 11.4. The summed E-state index contributed by atoms with van der Waals surface area (Å²) in [5.74, 6) is 0.457. The SMILES string of the molecule is CCc1cnnc(OC2CCN(CC(F)(F)F)CC2)c1. The number of rotatable bonds is 4. The number of halogens is 3. The largest absolute Gasteiger partial charge is 0.473 e. The van der Waals surface area contributed by atoms with Gasteiger partial charge in [0.1, 0.15) is 6.10 Å². The third-order valence-electron chi connectivity index (χ3n) is 3.32. The number of likely N-dealkylation sites (tertiary alicyclic amines) is 1. The lowest BCUT2D eigenvalue weighted by Crippen LogP contribution is -2.42. The van der Waals surface area contributed by atoms with Crippen LogP contribution in [0.1, 0.15) is 25.3 Å². The van der Waals surface area contributed by atoms with Crippen LogP contribution in [-0.2, 0) is 6.42 Å². The summed E-state index contributed by atoms with van der Waals surface area (Å²) in [7, 11) is 0. The maximum Gasteiger partial charge on any atom is 0.401 e. The van der Waals surface area contributed by atoms with Crippen molar-refractivity contribution >= 4 is 0 Å². The summed E-state index contributed by atoms with van der Waals surface area (Å²) < 4.78 is 42.5. The lowest BCUT2D eigenvalue weighted by molar-refractivity contribution is -0.149. The van der Waals surface area contributed by atoms with Crippen LogP contribution in [0.5, 0.6) is 5.88 Å². The van der Waals surface area contributed by atoms with Gasteiger partial charge in [0.2, 0.25) is 5.88 Å². The molecule has 0 N–H and O–H groups in total. The zero-order valence-corrected chi connectivity index (χ0v) is 11.4. The van der Waals surface area contributed by atoms with Crippen molar-refractivity contribution in [2.24, 2.45) is 0 Å². The predicted octanol–water partition coefficient (Wildman–Crippen LogP) is 2.44. The number of hydrogen-bond donors (Lipinski definition) is 0. The van der Waals surface area contributed by atoms with Gasteiger partial charge in [0, 0.05) is 19.2 Å². The smallest absolute Gasteiger partial charge is 0.401 e. The van der Waals surface area contributed by atoms with Gasteiger partial charge in [-0.2, -0.15) is 18.3 Å². The van der Waals surface area contributed by atoms with Crippen molar-refractivity contribution in [2.45, 2.75) is 38.5 Å². The Kier molecular flexibility index (Phi) is 4.80. The molecule has 2 rings (SSSR count). The molecule has 0 unspecified atom stereocenters. The number of ether oxygens (including phenoxy) is 1. The summed E-state index contributed by atoms with van der Waals surface area (Å²) in [6, 6.07) is 1.83. The Labute approximate surface area is 115 Å². The minimum absolute atomic E-state index is 0.0825. The van der Waals surface area contributed by atoms with E-state index in [4.69, 9.17) is 4.74 Å². The molecule has 20 heavy (non-hydrogen) atoms. The highest BCUT2D eigenvalue weighted by Crippen LogP contribution is 2.22. The molecule has 0 atom stereocenters. The molecule has 2 heterocycles. The first-order valence-corrected chi connectivity index (χ1v) is 6.73. The van der Waals surface area contributed by atoms with Crippen LogP contribution in [0, 0.1) is 0 Å². The standard InChI is InChI=1S/C13H18F3N3O/c1-2-10-7-12(18-17-8-10)20-11-3-5-19(6-4-11)9-13(14,15)16/h7-8,11H,2-6,9H2,1H3. The molecule has 0 bridgehead atoms. The van der Waals surface area contributed by atoms with E-state index in [2.05, 4.69) is 10.2 Å². The van der Waals surface area contributed by atoms with Crippen molar-refractivity contribution in [1.29, 1.82) is 0 Å². The Balaban J connectivity index is 1.82. The Bertz CT molecular complexity index is 431. The van der Waals surface area contributed by atoms with Gasteiger partial charge in [0.15, 0.2) is 0 Å². The average Bonchev–Trinajstić information content (AvgIpc) is 2.40. The number of piperidine rings is 1. The summed E-state index contributed by atoms with van der Waals surface area (Å²) >= 11 is 0. The van der Waals surface area contributed by atoms with E-state index in [-0.39, 0.29) is 6.10 Å². The molecule has 1 aliphatic rings. The molecular formula is C13H18F3N3O. The third-order valence-corrected chi connectivity index (χ3v) is 3.32. The molecule has 112 valence electrons. The van der Waals surface area contributed by atoms with E-state index in [1.807, 2.05) is 13.0 Å². The molecule has 0 aromatic carbocycles. The fourth-order valence-corrected chi connectivity index (χ4v) is 2.25. The van der Waals surface area contributed by atoms with E-state index < -0.39 is 12.7 Å². The zero-order chi connectivity index (χ0) is 14.6. The van der Waals surface area contributed by atoms with Gasteiger partial charge in [0.05, 0.1) is 12.7 Å². The van der Waals surface area contributed by atoms with Crippen LogP contribution < -0.4 is 4.74 Å². The second kappa shape index (κ2) is 6.39. The summed E-state index contributed by atoms with van der Waals surface area (Å²) in [4.78, 5) is 1.41. The quantitative estimate of drug-likeness (QED) is 0.853. The molecule has 0 radical (unpaired) electrons. The lowest BCUT2D eigenvalue weighted by atomic mass is 10.1. The molecular weight excluding hydrogens is 271 g/mol. The predicted molar refractivity (Wildman–Crippen MR) is 67.6 cm³/mol. The van der Waals surface area contributed by atoms with E-state index >= 15 is 0 Å². The van der Waals surface area contributed by atoms with Gasteiger partial charge in [0.25, 0.3) is 0 Å². The Hall–Kier alpha value is -1.37. The molecule has 0 aliphatic carbocycles. The maximum absolute atomic E-state index is 12.3. The van der Waals surface area contributed by atoms with Gasteiger partial charge in [-0.15, -0.1) is 5.10 Å². The highest BCUT2D eigenvalue weighted by molar-refractivity contribution is 5.17. The van der Waals surface area contributed by atoms with E-state index in [9.17, 15) is 13.2 Å². The van der Waals surface area contributed by atoms with Gasteiger partial charge >= 0.3 is 6.18 Å². The third kappa shape index (κ3) is 4.63. The Morgan fingerprint density at radius 3 is 2.65 bits per heavy atom. The first-order valence-electron chi connectivity index (χ1n) is 6.73. The number of hydrogen-bond acceptors (Lipinski definition) is 4. The van der Waals surface area contributed by atoms with Crippen LogP contribution in [0.25, 0.3) is 0 Å². The van der Waals surface area contributed by atoms with Gasteiger partial charge in [-0.25, -0.2) is 0 Å².